The summed E-state index contributed by atoms with van der Waals surface area (Å²) in [5.41, 5.74) is 0. The summed E-state index contributed by atoms with van der Waals surface area (Å²) in [7, 11) is 0. The topological polar surface area (TPSA) is 120 Å². The monoisotopic (exact) mass is 408 g/mol. The van der Waals surface area contributed by atoms with Gasteiger partial charge in [0.1, 0.15) is 17.3 Å². The molecular weight excluding hydrogens is 375 g/mol. The van der Waals surface area contributed by atoms with Gasteiger partial charge in [0.05, 0.1) is 0 Å². The number of carbonyl (C=O) groups is 3. The summed E-state index contributed by atoms with van der Waals surface area (Å²) in [5, 5.41) is 30.6. The molecule has 28 heavy (non-hydrogen) atoms. The van der Waals surface area contributed by atoms with E-state index < -0.39 is 0 Å². The second-order valence-electron chi connectivity index (χ2n) is 6.01. The fraction of sp³-hybridized carbons (Fsp3) is 0.571. The van der Waals surface area contributed by atoms with Gasteiger partial charge < -0.3 is 15.3 Å². The molecule has 0 unspecified atom stereocenters. The van der Waals surface area contributed by atoms with Gasteiger partial charge in [-0.2, -0.15) is 0 Å². The molecule has 0 rings (SSSR count). The number of Topliss-reactive ketones (excluding diaryl/α,β-unsaturated/α-hetero) is 3. The van der Waals surface area contributed by atoms with Crippen molar-refractivity contribution in [2.45, 2.75) is 78.6 Å². The van der Waals surface area contributed by atoms with Crippen molar-refractivity contribution in [1.82, 2.24) is 0 Å². The van der Waals surface area contributed by atoms with Crippen LogP contribution in [0.2, 0.25) is 0 Å². The van der Waals surface area contributed by atoms with E-state index in [0.29, 0.717) is 19.3 Å². The van der Waals surface area contributed by atoms with Crippen molar-refractivity contribution >= 4 is 34.7 Å². The molecule has 0 aromatic rings. The van der Waals surface area contributed by atoms with Crippen LogP contribution in [0.4, 0.5) is 0 Å². The molecule has 0 radical (unpaired) electrons. The molecule has 156 valence electrons. The Morgan fingerprint density at radius 3 is 0.857 bits per heavy atom. The molecule has 0 N–H and O–H groups in total. The van der Waals surface area contributed by atoms with Gasteiger partial charge in [0, 0.05) is 38.5 Å². The summed E-state index contributed by atoms with van der Waals surface area (Å²) in [6, 6.07) is 0. The van der Waals surface area contributed by atoms with Crippen molar-refractivity contribution in [3.05, 3.63) is 37.0 Å². The van der Waals surface area contributed by atoms with Gasteiger partial charge >= 0.3 is 17.4 Å². The molecule has 0 heterocycles. The maximum absolute atomic E-state index is 10.6. The second kappa shape index (κ2) is 23.2. The van der Waals surface area contributed by atoms with E-state index >= 15 is 0 Å². The van der Waals surface area contributed by atoms with Crippen LogP contribution in [0.25, 0.3) is 0 Å². The summed E-state index contributed by atoms with van der Waals surface area (Å²) >= 11 is 0. The molecule has 0 aliphatic carbocycles. The van der Waals surface area contributed by atoms with Crippen LogP contribution in [-0.4, -0.2) is 34.7 Å². The minimum absolute atomic E-state index is 0. The number of carbonyl (C=O) groups excluding carboxylic acids is 3. The van der Waals surface area contributed by atoms with Gasteiger partial charge in [0.15, 0.2) is 0 Å². The number of allylic oxidation sites excluding steroid dienone is 3. The second-order valence-corrected chi connectivity index (χ2v) is 6.01. The molecule has 0 bridgehead atoms. The third kappa shape index (κ3) is 35.3. The van der Waals surface area contributed by atoms with Crippen LogP contribution >= 0.6 is 0 Å². The fourth-order valence-corrected chi connectivity index (χ4v) is 1.76. The van der Waals surface area contributed by atoms with Gasteiger partial charge in [-0.25, -0.2) is 0 Å². The quantitative estimate of drug-likeness (QED) is 0.356. The van der Waals surface area contributed by atoms with E-state index in [-0.39, 0.29) is 71.3 Å². The van der Waals surface area contributed by atoms with Gasteiger partial charge in [-0.3, -0.25) is 14.4 Å². The first-order chi connectivity index (χ1) is 12.5. The van der Waals surface area contributed by atoms with E-state index in [0.717, 1.165) is 19.3 Å². The van der Waals surface area contributed by atoms with Crippen molar-refractivity contribution in [3.63, 3.8) is 0 Å². The third-order valence-corrected chi connectivity index (χ3v) is 2.77. The average molecular weight is 408 g/mol. The summed E-state index contributed by atoms with van der Waals surface area (Å²) in [4.78, 5) is 31.8. The van der Waals surface area contributed by atoms with Crippen molar-refractivity contribution in [3.8, 4) is 0 Å². The zero-order valence-electron chi connectivity index (χ0n) is 17.5. The normalized spacial score (nSPS) is 8.68. The molecule has 0 saturated carbocycles. The molecule has 0 aliphatic rings. The maximum Gasteiger partial charge on any atom is 3.00 e. The molecular formula is C21H33AlO6. The first-order valence-electron chi connectivity index (χ1n) is 9.09. The van der Waals surface area contributed by atoms with E-state index in [2.05, 4.69) is 19.7 Å². The Labute approximate surface area is 180 Å². The van der Waals surface area contributed by atoms with E-state index in [1.165, 1.54) is 0 Å². The Morgan fingerprint density at radius 1 is 0.571 bits per heavy atom. The molecule has 0 aliphatic heterocycles. The molecule has 0 spiro atoms. The minimum Gasteiger partial charge on any atom is -0.876 e. The summed E-state index contributed by atoms with van der Waals surface area (Å²) in [6.45, 7) is 15.0. The van der Waals surface area contributed by atoms with E-state index in [1.54, 1.807) is 0 Å². The largest absolute Gasteiger partial charge is 3.00 e. The molecule has 6 nitrogen and oxygen atoms in total. The van der Waals surface area contributed by atoms with Crippen LogP contribution < -0.4 is 15.3 Å². The molecule has 0 fully saturated rings. The Bertz CT molecular complexity index is 426. The fourth-order valence-electron chi connectivity index (χ4n) is 1.76. The van der Waals surface area contributed by atoms with Crippen molar-refractivity contribution < 1.29 is 29.7 Å². The van der Waals surface area contributed by atoms with Gasteiger partial charge in [-0.05, 0) is 19.3 Å². The van der Waals surface area contributed by atoms with Crippen LogP contribution in [0, 0.1) is 0 Å². The predicted molar refractivity (Wildman–Crippen MR) is 107 cm³/mol. The predicted octanol–water partition coefficient (Wildman–Crippen LogP) is 1.48. The van der Waals surface area contributed by atoms with E-state index in [1.807, 2.05) is 20.8 Å². The Balaban J connectivity index is -0.000000152. The van der Waals surface area contributed by atoms with Gasteiger partial charge in [0.25, 0.3) is 0 Å². The Hall–Kier alpha value is -1.84. The van der Waals surface area contributed by atoms with Crippen LogP contribution in [0.1, 0.15) is 78.6 Å². The first-order valence-corrected chi connectivity index (χ1v) is 9.09. The van der Waals surface area contributed by atoms with E-state index in [9.17, 15) is 29.7 Å². The number of rotatable bonds is 12. The minimum atomic E-state index is -0.284. The van der Waals surface area contributed by atoms with E-state index in [4.69, 9.17) is 0 Å². The standard InChI is InChI=1S/3C7H12O2.Al/c3*1-3-4-7(9)5-6(2)8;/h3*8H,2-5H2,1H3;/q;;;+3/p-3. The number of hydrogen-bond donors (Lipinski definition) is 0. The van der Waals surface area contributed by atoms with Crippen LogP contribution in [0.3, 0.4) is 0 Å². The first kappa shape index (κ1) is 33.7. The average Bonchev–Trinajstić information content (AvgIpc) is 2.46. The van der Waals surface area contributed by atoms with Crippen molar-refractivity contribution in [1.29, 1.82) is 0 Å². The molecule has 7 heteroatoms. The zero-order valence-corrected chi connectivity index (χ0v) is 18.7. The Morgan fingerprint density at radius 2 is 0.750 bits per heavy atom. The summed E-state index contributed by atoms with van der Waals surface area (Å²) < 4.78 is 0. The van der Waals surface area contributed by atoms with Gasteiger partial charge in [-0.15, -0.1) is 37.0 Å². The molecule has 0 amide bonds. The van der Waals surface area contributed by atoms with Crippen LogP contribution in [0.5, 0.6) is 0 Å². The van der Waals surface area contributed by atoms with Crippen LogP contribution in [0.15, 0.2) is 37.0 Å². The van der Waals surface area contributed by atoms with Crippen LogP contribution in [-0.2, 0) is 14.4 Å². The van der Waals surface area contributed by atoms with Crippen molar-refractivity contribution in [2.24, 2.45) is 0 Å². The zero-order chi connectivity index (χ0) is 21.8. The third-order valence-electron chi connectivity index (χ3n) is 2.77. The molecule has 0 saturated heterocycles. The number of hydrogen-bond acceptors (Lipinski definition) is 6. The van der Waals surface area contributed by atoms with Gasteiger partial charge in [0.2, 0.25) is 0 Å². The smallest absolute Gasteiger partial charge is 0.876 e. The Kier molecular flexibility index (Phi) is 27.9. The SMILES string of the molecule is C=C([O-])CC(=O)CCC.C=C([O-])CC(=O)CCC.C=C([O-])CC(=O)CCC.[Al+3]. The summed E-state index contributed by atoms with van der Waals surface area (Å²) in [5.74, 6) is -0.858. The molecule has 0 atom stereocenters. The molecule has 0 aromatic carbocycles. The number of ketones is 3. The summed E-state index contributed by atoms with van der Waals surface area (Å²) in [6.07, 6.45) is 3.96. The maximum atomic E-state index is 10.6. The van der Waals surface area contributed by atoms with Crippen molar-refractivity contribution in [2.75, 3.05) is 0 Å². The van der Waals surface area contributed by atoms with Gasteiger partial charge in [-0.1, -0.05) is 20.8 Å². The molecule has 0 aromatic heterocycles.